The first-order chi connectivity index (χ1) is 7.29. The predicted molar refractivity (Wildman–Crippen MR) is 56.6 cm³/mol. The summed E-state index contributed by atoms with van der Waals surface area (Å²) in [5.74, 6) is -0.106. The minimum Gasteiger partial charge on any atom is -0.481 e. The molecule has 0 aliphatic carbocycles. The van der Waals surface area contributed by atoms with Crippen molar-refractivity contribution in [2.75, 3.05) is 11.9 Å². The maximum atomic E-state index is 10.2. The normalized spacial score (nSPS) is 9.87. The van der Waals surface area contributed by atoms with Crippen molar-refractivity contribution in [2.45, 2.75) is 25.7 Å². The summed E-state index contributed by atoms with van der Waals surface area (Å²) >= 11 is 0. The van der Waals surface area contributed by atoms with Crippen molar-refractivity contribution in [3.05, 3.63) is 18.5 Å². The average molecular weight is 209 g/mol. The van der Waals surface area contributed by atoms with E-state index in [9.17, 15) is 4.79 Å². The first-order valence-electron chi connectivity index (χ1n) is 5.02. The van der Waals surface area contributed by atoms with E-state index in [1.54, 1.807) is 18.5 Å². The molecule has 0 aliphatic heterocycles. The lowest BCUT2D eigenvalue weighted by Crippen LogP contribution is -2.05. The number of nitrogens with zero attached hydrogens (tertiary/aromatic N) is 2. The summed E-state index contributed by atoms with van der Waals surface area (Å²) in [4.78, 5) is 18.2. The van der Waals surface area contributed by atoms with E-state index in [2.05, 4.69) is 15.3 Å². The fraction of sp³-hybridized carbons (Fsp3) is 0.500. The molecule has 0 unspecified atom stereocenters. The van der Waals surface area contributed by atoms with Crippen molar-refractivity contribution in [1.82, 2.24) is 9.97 Å². The van der Waals surface area contributed by atoms with Gasteiger partial charge in [-0.05, 0) is 18.9 Å². The maximum Gasteiger partial charge on any atom is 0.303 e. The fourth-order valence-corrected chi connectivity index (χ4v) is 1.17. The molecule has 0 aromatic carbocycles. The van der Waals surface area contributed by atoms with Crippen molar-refractivity contribution in [2.24, 2.45) is 0 Å². The number of hydrogen-bond donors (Lipinski definition) is 2. The molecule has 5 heteroatoms. The van der Waals surface area contributed by atoms with Crippen LogP contribution in [-0.4, -0.2) is 27.6 Å². The van der Waals surface area contributed by atoms with Crippen LogP contribution in [0.4, 0.5) is 5.95 Å². The first-order valence-corrected chi connectivity index (χ1v) is 5.02. The highest BCUT2D eigenvalue weighted by atomic mass is 16.4. The molecule has 15 heavy (non-hydrogen) atoms. The minimum atomic E-state index is -0.727. The highest BCUT2D eigenvalue weighted by molar-refractivity contribution is 5.66. The number of carboxylic acids is 1. The molecule has 0 bridgehead atoms. The van der Waals surface area contributed by atoms with Crippen molar-refractivity contribution in [1.29, 1.82) is 0 Å². The molecule has 0 aliphatic rings. The van der Waals surface area contributed by atoms with E-state index in [0.29, 0.717) is 5.95 Å². The molecule has 0 amide bonds. The Morgan fingerprint density at radius 2 is 2.00 bits per heavy atom. The summed E-state index contributed by atoms with van der Waals surface area (Å²) in [7, 11) is 0. The zero-order chi connectivity index (χ0) is 10.9. The second-order valence-electron chi connectivity index (χ2n) is 3.20. The number of rotatable bonds is 7. The van der Waals surface area contributed by atoms with Crippen LogP contribution in [-0.2, 0) is 4.79 Å². The number of aliphatic carboxylic acids is 1. The van der Waals surface area contributed by atoms with Crippen molar-refractivity contribution in [3.63, 3.8) is 0 Å². The second kappa shape index (κ2) is 6.75. The van der Waals surface area contributed by atoms with Gasteiger partial charge in [0.2, 0.25) is 5.95 Å². The van der Waals surface area contributed by atoms with Crippen LogP contribution in [0, 0.1) is 0 Å². The lowest BCUT2D eigenvalue weighted by molar-refractivity contribution is -0.137. The summed E-state index contributed by atoms with van der Waals surface area (Å²) in [6, 6.07) is 1.76. The Kier molecular flexibility index (Phi) is 5.14. The Hall–Kier alpha value is -1.65. The number of hydrogen-bond acceptors (Lipinski definition) is 4. The Bertz CT molecular complexity index is 290. The van der Waals surface area contributed by atoms with Gasteiger partial charge in [-0.25, -0.2) is 9.97 Å². The molecule has 0 saturated heterocycles. The molecule has 1 heterocycles. The molecule has 0 spiro atoms. The standard InChI is InChI=1S/C10H15N3O2/c14-9(15)5-2-1-3-6-11-10-12-7-4-8-13-10/h4,7-8H,1-3,5-6H2,(H,14,15)(H,11,12,13). The van der Waals surface area contributed by atoms with Crippen LogP contribution < -0.4 is 5.32 Å². The Labute approximate surface area is 88.6 Å². The number of unbranched alkanes of at least 4 members (excludes halogenated alkanes) is 2. The van der Waals surface area contributed by atoms with E-state index >= 15 is 0 Å². The van der Waals surface area contributed by atoms with Crippen LogP contribution in [0.1, 0.15) is 25.7 Å². The van der Waals surface area contributed by atoms with E-state index in [1.807, 2.05) is 0 Å². The van der Waals surface area contributed by atoms with Crippen LogP contribution in [0.3, 0.4) is 0 Å². The van der Waals surface area contributed by atoms with Gasteiger partial charge in [0, 0.05) is 25.4 Å². The van der Waals surface area contributed by atoms with Crippen LogP contribution in [0.25, 0.3) is 0 Å². The van der Waals surface area contributed by atoms with E-state index in [4.69, 9.17) is 5.11 Å². The number of anilines is 1. The van der Waals surface area contributed by atoms with Crippen LogP contribution in [0.2, 0.25) is 0 Å². The molecule has 1 aromatic heterocycles. The van der Waals surface area contributed by atoms with Crippen LogP contribution in [0.5, 0.6) is 0 Å². The van der Waals surface area contributed by atoms with Crippen LogP contribution >= 0.6 is 0 Å². The molecule has 82 valence electrons. The number of carboxylic acid groups (broad SMARTS) is 1. The zero-order valence-electron chi connectivity index (χ0n) is 8.52. The van der Waals surface area contributed by atoms with Gasteiger partial charge >= 0.3 is 5.97 Å². The van der Waals surface area contributed by atoms with Crippen molar-refractivity contribution >= 4 is 11.9 Å². The number of carbonyl (C=O) groups is 1. The molecule has 0 saturated carbocycles. The molecule has 5 nitrogen and oxygen atoms in total. The minimum absolute atomic E-state index is 0.252. The summed E-state index contributed by atoms with van der Waals surface area (Å²) in [5, 5.41) is 11.5. The van der Waals surface area contributed by atoms with E-state index < -0.39 is 5.97 Å². The van der Waals surface area contributed by atoms with Crippen molar-refractivity contribution < 1.29 is 9.90 Å². The molecule has 2 N–H and O–H groups in total. The first kappa shape index (κ1) is 11.4. The number of aromatic nitrogens is 2. The lowest BCUT2D eigenvalue weighted by atomic mass is 10.2. The highest BCUT2D eigenvalue weighted by Gasteiger charge is 1.96. The van der Waals surface area contributed by atoms with Gasteiger partial charge in [0.05, 0.1) is 0 Å². The average Bonchev–Trinajstić information content (AvgIpc) is 2.24. The van der Waals surface area contributed by atoms with E-state index in [0.717, 1.165) is 25.8 Å². The van der Waals surface area contributed by atoms with Gasteiger partial charge in [0.1, 0.15) is 0 Å². The van der Waals surface area contributed by atoms with E-state index in [-0.39, 0.29) is 6.42 Å². The third kappa shape index (κ3) is 5.61. The Morgan fingerprint density at radius 1 is 1.27 bits per heavy atom. The molecular weight excluding hydrogens is 194 g/mol. The van der Waals surface area contributed by atoms with E-state index in [1.165, 1.54) is 0 Å². The van der Waals surface area contributed by atoms with Gasteiger partial charge in [-0.1, -0.05) is 6.42 Å². The lowest BCUT2D eigenvalue weighted by Gasteiger charge is -2.02. The third-order valence-corrected chi connectivity index (χ3v) is 1.92. The SMILES string of the molecule is O=C(O)CCCCCNc1ncccn1. The molecule has 1 aromatic rings. The zero-order valence-corrected chi connectivity index (χ0v) is 8.52. The van der Waals surface area contributed by atoms with Crippen LogP contribution in [0.15, 0.2) is 18.5 Å². The summed E-state index contributed by atoms with van der Waals surface area (Å²) in [5.41, 5.74) is 0. The smallest absolute Gasteiger partial charge is 0.303 e. The topological polar surface area (TPSA) is 75.1 Å². The largest absolute Gasteiger partial charge is 0.481 e. The maximum absolute atomic E-state index is 10.2. The highest BCUT2D eigenvalue weighted by Crippen LogP contribution is 2.01. The van der Waals surface area contributed by atoms with Crippen molar-refractivity contribution in [3.8, 4) is 0 Å². The van der Waals surface area contributed by atoms with Gasteiger partial charge in [-0.2, -0.15) is 0 Å². The Balaban J connectivity index is 2.00. The van der Waals surface area contributed by atoms with Gasteiger partial charge in [-0.15, -0.1) is 0 Å². The molecule has 0 atom stereocenters. The number of nitrogens with one attached hydrogen (secondary N) is 1. The molecular formula is C10H15N3O2. The van der Waals surface area contributed by atoms with Gasteiger partial charge in [0.25, 0.3) is 0 Å². The summed E-state index contributed by atoms with van der Waals surface area (Å²) < 4.78 is 0. The van der Waals surface area contributed by atoms with Gasteiger partial charge < -0.3 is 10.4 Å². The quantitative estimate of drug-likeness (QED) is 0.666. The summed E-state index contributed by atoms with van der Waals surface area (Å²) in [6.45, 7) is 0.781. The molecule has 1 rings (SSSR count). The fourth-order valence-electron chi connectivity index (χ4n) is 1.17. The summed E-state index contributed by atoms with van der Waals surface area (Å²) in [6.07, 6.45) is 6.19. The molecule has 0 radical (unpaired) electrons. The molecule has 0 fully saturated rings. The van der Waals surface area contributed by atoms with Gasteiger partial charge in [-0.3, -0.25) is 4.79 Å². The third-order valence-electron chi connectivity index (χ3n) is 1.92. The van der Waals surface area contributed by atoms with Gasteiger partial charge in [0.15, 0.2) is 0 Å². The monoisotopic (exact) mass is 209 g/mol. The second-order valence-corrected chi connectivity index (χ2v) is 3.20. The predicted octanol–water partition coefficient (Wildman–Crippen LogP) is 1.53. The Morgan fingerprint density at radius 3 is 2.67 bits per heavy atom.